The summed E-state index contributed by atoms with van der Waals surface area (Å²) in [5.41, 5.74) is 0.160. The smallest absolute Gasteiger partial charge is 0.352 e. The number of nitrogens with zero attached hydrogens (tertiary/aromatic N) is 4. The van der Waals surface area contributed by atoms with E-state index in [1.54, 1.807) is 16.7 Å². The van der Waals surface area contributed by atoms with E-state index in [9.17, 15) is 9.18 Å². The molecule has 124 valence electrons. The van der Waals surface area contributed by atoms with Gasteiger partial charge in [0.05, 0.1) is 23.7 Å². The van der Waals surface area contributed by atoms with Gasteiger partial charge >= 0.3 is 5.69 Å². The maximum Gasteiger partial charge on any atom is 0.352 e. The average Bonchev–Trinajstić information content (AvgIpc) is 2.76. The molecule has 1 aromatic heterocycles. The SMILES string of the molecule is CN1c2cc(OCc3cc(F)cc(C#N)c3)nc(=O)n2CC1(C)C. The van der Waals surface area contributed by atoms with Crippen LogP contribution in [0.3, 0.4) is 0 Å². The molecule has 0 N–H and O–H groups in total. The monoisotopic (exact) mass is 328 g/mol. The second kappa shape index (κ2) is 5.64. The molecule has 0 unspecified atom stereocenters. The minimum absolute atomic E-state index is 0.0233. The first kappa shape index (κ1) is 16.0. The summed E-state index contributed by atoms with van der Waals surface area (Å²) in [5.74, 6) is 0.404. The molecule has 3 rings (SSSR count). The van der Waals surface area contributed by atoms with Crippen LogP contribution in [-0.2, 0) is 13.2 Å². The number of ether oxygens (including phenoxy) is 1. The highest BCUT2D eigenvalue weighted by atomic mass is 19.1. The summed E-state index contributed by atoms with van der Waals surface area (Å²) in [4.78, 5) is 18.1. The van der Waals surface area contributed by atoms with Gasteiger partial charge in [-0.2, -0.15) is 10.2 Å². The van der Waals surface area contributed by atoms with Crippen molar-refractivity contribution in [3.05, 3.63) is 51.7 Å². The van der Waals surface area contributed by atoms with Gasteiger partial charge in [0, 0.05) is 13.1 Å². The molecule has 24 heavy (non-hydrogen) atoms. The normalized spacial score (nSPS) is 15.0. The van der Waals surface area contributed by atoms with Crippen molar-refractivity contribution in [3.8, 4) is 11.9 Å². The van der Waals surface area contributed by atoms with E-state index < -0.39 is 5.82 Å². The van der Waals surface area contributed by atoms with Crippen molar-refractivity contribution in [2.45, 2.75) is 32.5 Å². The van der Waals surface area contributed by atoms with E-state index in [-0.39, 0.29) is 29.3 Å². The van der Waals surface area contributed by atoms with Crippen LogP contribution in [0.15, 0.2) is 29.1 Å². The predicted octanol–water partition coefficient (Wildman–Crippen LogP) is 2.06. The van der Waals surface area contributed by atoms with Crippen molar-refractivity contribution < 1.29 is 9.13 Å². The Balaban J connectivity index is 1.85. The van der Waals surface area contributed by atoms with Crippen LogP contribution in [0, 0.1) is 17.1 Å². The van der Waals surface area contributed by atoms with Crippen molar-refractivity contribution >= 4 is 5.82 Å². The van der Waals surface area contributed by atoms with Gasteiger partial charge in [0.15, 0.2) is 0 Å². The molecular weight excluding hydrogens is 311 g/mol. The Morgan fingerprint density at radius 2 is 2.12 bits per heavy atom. The molecule has 0 atom stereocenters. The Morgan fingerprint density at radius 1 is 1.38 bits per heavy atom. The summed E-state index contributed by atoms with van der Waals surface area (Å²) in [6, 6.07) is 7.57. The Kier molecular flexibility index (Phi) is 3.76. The molecule has 6 nitrogen and oxygen atoms in total. The molecule has 0 amide bonds. The molecule has 1 aromatic carbocycles. The molecule has 0 radical (unpaired) electrons. The first-order chi connectivity index (χ1) is 11.3. The number of benzene rings is 1. The van der Waals surface area contributed by atoms with Crippen LogP contribution in [0.2, 0.25) is 0 Å². The quantitative estimate of drug-likeness (QED) is 0.862. The van der Waals surface area contributed by atoms with Crippen molar-refractivity contribution in [2.75, 3.05) is 11.9 Å². The predicted molar refractivity (Wildman–Crippen MR) is 86.4 cm³/mol. The average molecular weight is 328 g/mol. The number of halogens is 1. The largest absolute Gasteiger partial charge is 0.473 e. The highest BCUT2D eigenvalue weighted by Crippen LogP contribution is 2.31. The van der Waals surface area contributed by atoms with Crippen molar-refractivity contribution in [1.29, 1.82) is 5.26 Å². The second-order valence-electron chi connectivity index (χ2n) is 6.44. The molecule has 1 aliphatic rings. The third kappa shape index (κ3) is 2.83. The molecule has 0 bridgehead atoms. The van der Waals surface area contributed by atoms with Crippen LogP contribution in [-0.4, -0.2) is 22.1 Å². The van der Waals surface area contributed by atoms with Crippen molar-refractivity contribution in [1.82, 2.24) is 9.55 Å². The highest BCUT2D eigenvalue weighted by Gasteiger charge is 2.34. The van der Waals surface area contributed by atoms with E-state index >= 15 is 0 Å². The fraction of sp³-hybridized carbons (Fsp3) is 0.353. The summed E-state index contributed by atoms with van der Waals surface area (Å²) in [6.45, 7) is 4.65. The molecule has 0 spiro atoms. The lowest BCUT2D eigenvalue weighted by Gasteiger charge is -2.28. The lowest BCUT2D eigenvalue weighted by Crippen LogP contribution is -2.38. The fourth-order valence-electron chi connectivity index (χ4n) is 2.73. The zero-order valence-electron chi connectivity index (χ0n) is 13.7. The van der Waals surface area contributed by atoms with E-state index in [2.05, 4.69) is 4.98 Å². The van der Waals surface area contributed by atoms with E-state index in [1.165, 1.54) is 6.07 Å². The Hall–Kier alpha value is -2.88. The number of nitriles is 1. The lowest BCUT2D eigenvalue weighted by molar-refractivity contribution is 0.291. The summed E-state index contributed by atoms with van der Waals surface area (Å²) >= 11 is 0. The number of likely N-dealkylation sites (N-methyl/N-ethyl adjacent to an activating group) is 1. The summed E-state index contributed by atoms with van der Waals surface area (Å²) in [7, 11) is 1.91. The summed E-state index contributed by atoms with van der Waals surface area (Å²) < 4.78 is 20.6. The van der Waals surface area contributed by atoms with E-state index in [0.29, 0.717) is 12.1 Å². The summed E-state index contributed by atoms with van der Waals surface area (Å²) in [5, 5.41) is 8.87. The molecular formula is C17H17FN4O2. The maximum absolute atomic E-state index is 13.4. The Labute approximate surface area is 138 Å². The first-order valence-corrected chi connectivity index (χ1v) is 7.48. The molecule has 0 aliphatic carbocycles. The highest BCUT2D eigenvalue weighted by molar-refractivity contribution is 5.47. The van der Waals surface area contributed by atoms with Crippen LogP contribution < -0.4 is 15.3 Å². The van der Waals surface area contributed by atoms with Gasteiger partial charge in [-0.15, -0.1) is 0 Å². The van der Waals surface area contributed by atoms with Gasteiger partial charge in [0.25, 0.3) is 0 Å². The third-order valence-electron chi connectivity index (χ3n) is 4.24. The van der Waals surface area contributed by atoms with Gasteiger partial charge in [-0.05, 0) is 37.6 Å². The third-order valence-corrected chi connectivity index (χ3v) is 4.24. The van der Waals surface area contributed by atoms with Gasteiger partial charge in [0.2, 0.25) is 5.88 Å². The van der Waals surface area contributed by atoms with Gasteiger partial charge < -0.3 is 9.64 Å². The van der Waals surface area contributed by atoms with Gasteiger partial charge in [-0.3, -0.25) is 4.57 Å². The number of fused-ring (bicyclic) bond motifs is 1. The molecule has 1 aliphatic heterocycles. The maximum atomic E-state index is 13.4. The number of aromatic nitrogens is 2. The van der Waals surface area contributed by atoms with E-state index in [1.807, 2.05) is 31.9 Å². The number of hydrogen-bond acceptors (Lipinski definition) is 5. The molecule has 2 heterocycles. The first-order valence-electron chi connectivity index (χ1n) is 7.48. The Bertz CT molecular complexity index is 898. The number of rotatable bonds is 3. The standard InChI is InChI=1S/C17H17FN4O2/c1-17(2)10-22-15(21(17)3)7-14(20-16(22)23)24-9-12-4-11(8-19)5-13(18)6-12/h4-7H,9-10H2,1-3H3. The fourth-order valence-corrected chi connectivity index (χ4v) is 2.73. The van der Waals surface area contributed by atoms with Gasteiger partial charge in [-0.25, -0.2) is 9.18 Å². The topological polar surface area (TPSA) is 71.2 Å². The van der Waals surface area contributed by atoms with Gasteiger partial charge in [0.1, 0.15) is 18.2 Å². The second-order valence-corrected chi connectivity index (χ2v) is 6.44. The number of hydrogen-bond donors (Lipinski definition) is 0. The van der Waals surface area contributed by atoms with Crippen LogP contribution in [0.5, 0.6) is 5.88 Å². The van der Waals surface area contributed by atoms with Crippen LogP contribution in [0.1, 0.15) is 25.0 Å². The van der Waals surface area contributed by atoms with E-state index in [0.717, 1.165) is 11.9 Å². The molecule has 2 aromatic rings. The van der Waals surface area contributed by atoms with E-state index in [4.69, 9.17) is 10.00 Å². The van der Waals surface area contributed by atoms with Crippen molar-refractivity contribution in [2.24, 2.45) is 0 Å². The summed E-state index contributed by atoms with van der Waals surface area (Å²) in [6.07, 6.45) is 0. The minimum atomic E-state index is -0.504. The minimum Gasteiger partial charge on any atom is -0.473 e. The zero-order chi connectivity index (χ0) is 17.5. The van der Waals surface area contributed by atoms with Crippen LogP contribution in [0.25, 0.3) is 0 Å². The van der Waals surface area contributed by atoms with Gasteiger partial charge in [-0.1, -0.05) is 0 Å². The molecule has 0 fully saturated rings. The van der Waals surface area contributed by atoms with Crippen molar-refractivity contribution in [3.63, 3.8) is 0 Å². The molecule has 7 heteroatoms. The Morgan fingerprint density at radius 3 is 2.83 bits per heavy atom. The zero-order valence-corrected chi connectivity index (χ0v) is 13.7. The van der Waals surface area contributed by atoms with Crippen LogP contribution in [0.4, 0.5) is 10.2 Å². The lowest BCUT2D eigenvalue weighted by atomic mass is 10.1. The molecule has 0 saturated heterocycles. The molecule has 0 saturated carbocycles. The number of anilines is 1. The van der Waals surface area contributed by atoms with Crippen LogP contribution >= 0.6 is 0 Å².